The molecule has 0 radical (unpaired) electrons. The molecule has 4 unspecified atom stereocenters. The fraction of sp³-hybridized carbons (Fsp3) is 0.550. The number of carbonyl (C=O) groups excluding carboxylic acids is 1. The number of aromatic hydroxyl groups is 1. The Labute approximate surface area is 147 Å². The Hall–Kier alpha value is -1.85. The van der Waals surface area contributed by atoms with Gasteiger partial charge in [-0.05, 0) is 24.5 Å². The number of piperidine rings is 1. The molecule has 0 amide bonds. The molecule has 0 spiro atoms. The molecular weight excluding hydrogens is 318 g/mol. The third-order valence-corrected chi connectivity index (χ3v) is 6.70. The molecule has 1 aromatic rings. The third kappa shape index (κ3) is 1.78. The minimum absolute atomic E-state index is 0.0268. The minimum Gasteiger partial charge on any atom is -0.504 e. The van der Waals surface area contributed by atoms with Crippen LogP contribution in [0.15, 0.2) is 24.8 Å². The Morgan fingerprint density at radius 2 is 2.24 bits per heavy atom. The van der Waals surface area contributed by atoms with Crippen molar-refractivity contribution in [2.24, 2.45) is 0 Å². The largest absolute Gasteiger partial charge is 0.504 e. The van der Waals surface area contributed by atoms with Gasteiger partial charge in [0.05, 0.1) is 7.11 Å². The van der Waals surface area contributed by atoms with E-state index in [1.54, 1.807) is 6.07 Å². The number of aliphatic hydroxyl groups is 1. The molecule has 2 fully saturated rings. The van der Waals surface area contributed by atoms with Crippen molar-refractivity contribution in [1.29, 1.82) is 0 Å². The van der Waals surface area contributed by atoms with Crippen LogP contribution in [0.4, 0.5) is 0 Å². The topological polar surface area (TPSA) is 70.0 Å². The number of rotatable bonds is 6. The zero-order chi connectivity index (χ0) is 18.0. The summed E-state index contributed by atoms with van der Waals surface area (Å²) in [7, 11) is 1.52. The van der Waals surface area contributed by atoms with Gasteiger partial charge in [0.1, 0.15) is 11.4 Å². The molecule has 25 heavy (non-hydrogen) atoms. The van der Waals surface area contributed by atoms with E-state index in [1.807, 2.05) is 19.1 Å². The lowest BCUT2D eigenvalue weighted by Gasteiger charge is -2.78. The smallest absolute Gasteiger partial charge is 0.161 e. The zero-order valence-corrected chi connectivity index (χ0v) is 14.8. The van der Waals surface area contributed by atoms with Crippen LogP contribution in [0, 0.1) is 0 Å². The first kappa shape index (κ1) is 16.6. The molecule has 1 aromatic carbocycles. The summed E-state index contributed by atoms with van der Waals surface area (Å²) < 4.78 is 5.29. The first-order valence-electron chi connectivity index (χ1n) is 8.94. The summed E-state index contributed by atoms with van der Waals surface area (Å²) in [4.78, 5) is 14.6. The number of methoxy groups -OCH3 is 1. The highest BCUT2D eigenvalue weighted by molar-refractivity contribution is 5.82. The van der Waals surface area contributed by atoms with Crippen LogP contribution in [0.2, 0.25) is 0 Å². The summed E-state index contributed by atoms with van der Waals surface area (Å²) >= 11 is 0. The normalized spacial score (nSPS) is 35.0. The van der Waals surface area contributed by atoms with E-state index in [4.69, 9.17) is 4.74 Å². The molecule has 1 heterocycles. The van der Waals surface area contributed by atoms with Gasteiger partial charge in [0.15, 0.2) is 11.5 Å². The van der Waals surface area contributed by atoms with E-state index in [9.17, 15) is 15.0 Å². The summed E-state index contributed by atoms with van der Waals surface area (Å²) in [6.07, 6.45) is 3.90. The lowest BCUT2D eigenvalue weighted by molar-refractivity contribution is -0.310. The van der Waals surface area contributed by atoms with Crippen LogP contribution in [0.5, 0.6) is 11.5 Å². The van der Waals surface area contributed by atoms with Gasteiger partial charge < -0.3 is 14.9 Å². The van der Waals surface area contributed by atoms with Crippen LogP contribution in [0.25, 0.3) is 0 Å². The molecule has 1 aliphatic heterocycles. The average Bonchev–Trinajstić information content (AvgIpc) is 2.60. The second-order valence-electron chi connectivity index (χ2n) is 7.55. The van der Waals surface area contributed by atoms with Crippen molar-refractivity contribution in [2.75, 3.05) is 13.7 Å². The van der Waals surface area contributed by atoms with Crippen LogP contribution in [-0.4, -0.2) is 52.2 Å². The second kappa shape index (κ2) is 5.32. The van der Waals surface area contributed by atoms with Gasteiger partial charge in [-0.3, -0.25) is 9.69 Å². The van der Waals surface area contributed by atoms with Crippen LogP contribution in [0.3, 0.4) is 0 Å². The molecule has 5 nitrogen and oxygen atoms in total. The maximum absolute atomic E-state index is 12.4. The summed E-state index contributed by atoms with van der Waals surface area (Å²) in [5.74, 6) is 0.592. The van der Waals surface area contributed by atoms with Gasteiger partial charge in [-0.25, -0.2) is 0 Å². The van der Waals surface area contributed by atoms with Gasteiger partial charge in [-0.15, -0.1) is 6.58 Å². The minimum atomic E-state index is -0.961. The fourth-order valence-electron chi connectivity index (χ4n) is 5.57. The van der Waals surface area contributed by atoms with Gasteiger partial charge in [-0.1, -0.05) is 19.1 Å². The molecule has 0 aromatic heterocycles. The van der Waals surface area contributed by atoms with Crippen LogP contribution in [0.1, 0.15) is 37.3 Å². The number of ketones is 1. The molecular formula is C20H25NO4. The predicted octanol–water partition coefficient (Wildman–Crippen LogP) is 1.94. The Bertz CT molecular complexity index is 760. The number of fused-ring (bicyclic) bond motifs is 2. The van der Waals surface area contributed by atoms with Crippen LogP contribution in [-0.2, 0) is 16.6 Å². The van der Waals surface area contributed by atoms with Gasteiger partial charge in [0.25, 0.3) is 0 Å². The SMILES string of the molecule is C=CCN1C2Cc3ccc(OC)c(O)c3C3(CC(=O)CC)CC1C23O. The molecule has 0 bridgehead atoms. The third-order valence-electron chi connectivity index (χ3n) is 6.70. The van der Waals surface area contributed by atoms with Crippen molar-refractivity contribution in [2.45, 2.75) is 55.7 Å². The monoisotopic (exact) mass is 343 g/mol. The Balaban J connectivity index is 1.87. The van der Waals surface area contributed by atoms with Gasteiger partial charge in [0.2, 0.25) is 0 Å². The predicted molar refractivity (Wildman–Crippen MR) is 94.0 cm³/mol. The lowest BCUT2D eigenvalue weighted by atomic mass is 9.38. The van der Waals surface area contributed by atoms with E-state index in [1.165, 1.54) is 7.11 Å². The number of hydrogen-bond donors (Lipinski definition) is 2. The molecule has 134 valence electrons. The standard InChI is InChI=1S/C20H25NO4/c1-4-8-21-15-9-12-6-7-14(25-3)18(23)17(12)19(10-13(22)5-2)11-16(21)20(15,19)24/h4,6-7,15-16,23-24H,1,5,8-11H2,2-3H3. The van der Waals surface area contributed by atoms with Gasteiger partial charge in [-0.2, -0.15) is 0 Å². The van der Waals surface area contributed by atoms with Crippen molar-refractivity contribution in [1.82, 2.24) is 4.90 Å². The van der Waals surface area contributed by atoms with E-state index >= 15 is 0 Å². The number of Topliss-reactive ketones (excluding diaryl/α,β-unsaturated/α-hetero) is 1. The van der Waals surface area contributed by atoms with E-state index in [-0.39, 0.29) is 30.0 Å². The van der Waals surface area contributed by atoms with E-state index in [2.05, 4.69) is 11.5 Å². The summed E-state index contributed by atoms with van der Waals surface area (Å²) in [5.41, 5.74) is 0.0581. The van der Waals surface area contributed by atoms with E-state index < -0.39 is 11.0 Å². The molecule has 1 saturated carbocycles. The number of likely N-dealkylation sites (tertiary alicyclic amines) is 1. The van der Waals surface area contributed by atoms with E-state index in [0.29, 0.717) is 25.0 Å². The van der Waals surface area contributed by atoms with Crippen molar-refractivity contribution < 1.29 is 19.7 Å². The van der Waals surface area contributed by atoms with Crippen LogP contribution < -0.4 is 4.74 Å². The lowest BCUT2D eigenvalue weighted by Crippen LogP contribution is -2.92. The highest BCUT2D eigenvalue weighted by Gasteiger charge is 2.80. The molecule has 2 N–H and O–H groups in total. The summed E-state index contributed by atoms with van der Waals surface area (Å²) in [6.45, 7) is 6.39. The molecule has 5 heteroatoms. The average molecular weight is 343 g/mol. The van der Waals surface area contributed by atoms with Gasteiger partial charge in [0, 0.05) is 42.4 Å². The highest BCUT2D eigenvalue weighted by Crippen LogP contribution is 2.69. The molecule has 2 aliphatic carbocycles. The number of carbonyl (C=O) groups is 1. The van der Waals surface area contributed by atoms with Crippen LogP contribution >= 0.6 is 0 Å². The molecule has 4 atom stereocenters. The maximum Gasteiger partial charge on any atom is 0.161 e. The summed E-state index contributed by atoms with van der Waals surface area (Å²) in [5, 5.41) is 22.4. The molecule has 1 saturated heterocycles. The van der Waals surface area contributed by atoms with Crippen molar-refractivity contribution in [3.63, 3.8) is 0 Å². The first-order chi connectivity index (χ1) is 11.9. The number of benzene rings is 1. The maximum atomic E-state index is 12.4. The molecule has 3 aliphatic rings. The van der Waals surface area contributed by atoms with Gasteiger partial charge >= 0.3 is 0 Å². The number of hydrogen-bond acceptors (Lipinski definition) is 5. The first-order valence-corrected chi connectivity index (χ1v) is 8.94. The number of phenols is 1. The number of phenolic OH excluding ortho intramolecular Hbond substituents is 1. The molecule has 4 rings (SSSR count). The highest BCUT2D eigenvalue weighted by atomic mass is 16.5. The Morgan fingerprint density at radius 3 is 2.88 bits per heavy atom. The quantitative estimate of drug-likeness (QED) is 0.773. The Kier molecular flexibility index (Phi) is 3.54. The van der Waals surface area contributed by atoms with Crippen molar-refractivity contribution >= 4 is 5.78 Å². The fourth-order valence-corrected chi connectivity index (χ4v) is 5.57. The van der Waals surface area contributed by atoms with Crippen molar-refractivity contribution in [3.8, 4) is 11.5 Å². The summed E-state index contributed by atoms with van der Waals surface area (Å²) in [6, 6.07) is 3.72. The number of ether oxygens (including phenoxy) is 1. The number of nitrogens with zero attached hydrogens (tertiary/aromatic N) is 1. The zero-order valence-electron chi connectivity index (χ0n) is 14.8. The van der Waals surface area contributed by atoms with E-state index in [0.717, 1.165) is 17.7 Å². The Morgan fingerprint density at radius 1 is 1.48 bits per heavy atom. The second-order valence-corrected chi connectivity index (χ2v) is 7.55. The van der Waals surface area contributed by atoms with Crippen molar-refractivity contribution in [3.05, 3.63) is 35.9 Å².